The molecule has 0 aliphatic rings. The minimum absolute atomic E-state index is 0.520. The maximum Gasteiger partial charge on any atom is 0.107 e. The van der Waals surface area contributed by atoms with Crippen LogP contribution in [0.25, 0.3) is 11.3 Å². The molecular weight excluding hydrogens is 427 g/mol. The van der Waals surface area contributed by atoms with Crippen molar-refractivity contribution >= 4 is 33.9 Å². The van der Waals surface area contributed by atoms with Crippen LogP contribution in [0.3, 0.4) is 0 Å². The average Bonchev–Trinajstić information content (AvgIpc) is 3.07. The molecular formula is C20H21IN2S. The summed E-state index contributed by atoms with van der Waals surface area (Å²) >= 11 is 4.12. The maximum absolute atomic E-state index is 5.74. The summed E-state index contributed by atoms with van der Waals surface area (Å²) in [5.41, 5.74) is 10.8. The Morgan fingerprint density at radius 1 is 0.917 bits per heavy atom. The molecule has 2 aromatic carbocycles. The van der Waals surface area contributed by atoms with E-state index in [0.717, 1.165) is 28.0 Å². The van der Waals surface area contributed by atoms with Crippen molar-refractivity contribution in [2.75, 3.05) is 0 Å². The van der Waals surface area contributed by atoms with Gasteiger partial charge in [-0.15, -0.1) is 11.3 Å². The lowest BCUT2D eigenvalue weighted by Crippen LogP contribution is -1.94. The number of benzene rings is 2. The Morgan fingerprint density at radius 2 is 1.58 bits per heavy atom. The van der Waals surface area contributed by atoms with Gasteiger partial charge < -0.3 is 5.73 Å². The molecule has 2 nitrogen and oxygen atoms in total. The number of alkyl halides is 1. The Kier molecular flexibility index (Phi) is 6.40. The van der Waals surface area contributed by atoms with Crippen molar-refractivity contribution in [2.45, 2.75) is 30.2 Å². The number of aromatic nitrogens is 1. The lowest BCUT2D eigenvalue weighted by atomic mass is 10.0. The third-order valence-electron chi connectivity index (χ3n) is 4.04. The van der Waals surface area contributed by atoms with Crippen LogP contribution in [-0.2, 0) is 23.8 Å². The minimum Gasteiger partial charge on any atom is -0.325 e. The van der Waals surface area contributed by atoms with Gasteiger partial charge >= 0.3 is 0 Å². The Balaban J connectivity index is 1.64. The van der Waals surface area contributed by atoms with Crippen molar-refractivity contribution in [3.63, 3.8) is 0 Å². The number of thiazole rings is 1. The van der Waals surface area contributed by atoms with Crippen molar-refractivity contribution in [3.8, 4) is 11.3 Å². The predicted octanol–water partition coefficient (Wildman–Crippen LogP) is 5.38. The Hall–Kier alpha value is -1.24. The highest BCUT2D eigenvalue weighted by Crippen LogP contribution is 2.30. The fraction of sp³-hybridized carbons (Fsp3) is 0.250. The molecule has 0 bridgehead atoms. The first-order valence-corrected chi connectivity index (χ1v) is 10.5. The van der Waals surface area contributed by atoms with E-state index in [9.17, 15) is 0 Å². The normalized spacial score (nSPS) is 10.9. The van der Waals surface area contributed by atoms with Gasteiger partial charge in [-0.3, -0.25) is 0 Å². The second-order valence-electron chi connectivity index (χ2n) is 5.75. The molecule has 0 saturated heterocycles. The van der Waals surface area contributed by atoms with Crippen LogP contribution >= 0.6 is 33.9 Å². The van der Waals surface area contributed by atoms with Crippen LogP contribution in [0.2, 0.25) is 0 Å². The molecule has 1 aromatic heterocycles. The van der Waals surface area contributed by atoms with Crippen LogP contribution in [0.5, 0.6) is 0 Å². The topological polar surface area (TPSA) is 38.9 Å². The highest BCUT2D eigenvalue weighted by Gasteiger charge is 2.11. The first kappa shape index (κ1) is 17.6. The standard InChI is InChI=1S/C20H21IN2S/c21-13-18-20(23-19(14-22)24-18)17-11-9-16(10-12-17)8-4-7-15-5-2-1-3-6-15/h1-3,5-6,9-12H,4,7-8,13-14,22H2. The Morgan fingerprint density at radius 3 is 2.21 bits per heavy atom. The first-order valence-electron chi connectivity index (χ1n) is 8.18. The molecule has 4 heteroatoms. The van der Waals surface area contributed by atoms with Gasteiger partial charge in [-0.2, -0.15) is 0 Å². The van der Waals surface area contributed by atoms with E-state index >= 15 is 0 Å². The predicted molar refractivity (Wildman–Crippen MR) is 112 cm³/mol. The summed E-state index contributed by atoms with van der Waals surface area (Å²) in [6.45, 7) is 0.520. The first-order chi connectivity index (χ1) is 11.8. The molecule has 1 heterocycles. The fourth-order valence-electron chi connectivity index (χ4n) is 2.77. The zero-order valence-electron chi connectivity index (χ0n) is 13.5. The molecule has 0 fully saturated rings. The van der Waals surface area contributed by atoms with Gasteiger partial charge in [0, 0.05) is 21.4 Å². The van der Waals surface area contributed by atoms with E-state index in [1.807, 2.05) is 0 Å². The van der Waals surface area contributed by atoms with E-state index in [-0.39, 0.29) is 0 Å². The summed E-state index contributed by atoms with van der Waals surface area (Å²) in [5.74, 6) is 0. The lowest BCUT2D eigenvalue weighted by molar-refractivity contribution is 0.821. The third-order valence-corrected chi connectivity index (χ3v) is 6.40. The smallest absolute Gasteiger partial charge is 0.107 e. The van der Waals surface area contributed by atoms with Crippen LogP contribution in [0.4, 0.5) is 0 Å². The largest absolute Gasteiger partial charge is 0.325 e. The van der Waals surface area contributed by atoms with Gasteiger partial charge in [-0.1, -0.05) is 77.2 Å². The van der Waals surface area contributed by atoms with Crippen LogP contribution in [0.15, 0.2) is 54.6 Å². The van der Waals surface area contributed by atoms with Gasteiger partial charge in [0.2, 0.25) is 0 Å². The molecule has 3 rings (SSSR count). The summed E-state index contributed by atoms with van der Waals surface area (Å²) in [5, 5.41) is 1.02. The summed E-state index contributed by atoms with van der Waals surface area (Å²) < 4.78 is 0.976. The second-order valence-corrected chi connectivity index (χ2v) is 7.68. The monoisotopic (exact) mass is 448 g/mol. The SMILES string of the molecule is NCc1nc(-c2ccc(CCCc3ccccc3)cc2)c(CI)s1. The highest BCUT2D eigenvalue weighted by atomic mass is 127. The number of hydrogen-bond acceptors (Lipinski definition) is 3. The molecule has 124 valence electrons. The van der Waals surface area contributed by atoms with E-state index < -0.39 is 0 Å². The summed E-state index contributed by atoms with van der Waals surface area (Å²) in [4.78, 5) is 6.00. The Bertz CT molecular complexity index is 766. The van der Waals surface area contributed by atoms with Crippen LogP contribution in [0, 0.1) is 0 Å². The van der Waals surface area contributed by atoms with Crippen molar-refractivity contribution in [1.29, 1.82) is 0 Å². The number of nitrogens with zero attached hydrogens (tertiary/aromatic N) is 1. The van der Waals surface area contributed by atoms with Crippen LogP contribution < -0.4 is 5.73 Å². The molecule has 0 unspecified atom stereocenters. The Labute approximate surface area is 161 Å². The molecule has 3 aromatic rings. The summed E-state index contributed by atoms with van der Waals surface area (Å²) in [7, 11) is 0. The lowest BCUT2D eigenvalue weighted by Gasteiger charge is -2.05. The van der Waals surface area contributed by atoms with E-state index in [1.165, 1.54) is 28.0 Å². The van der Waals surface area contributed by atoms with Gasteiger partial charge in [0.15, 0.2) is 0 Å². The van der Waals surface area contributed by atoms with Crippen molar-refractivity contribution in [3.05, 3.63) is 75.6 Å². The second kappa shape index (κ2) is 8.74. The van der Waals surface area contributed by atoms with E-state index in [1.54, 1.807) is 11.3 Å². The summed E-state index contributed by atoms with van der Waals surface area (Å²) in [6, 6.07) is 19.6. The third kappa shape index (κ3) is 4.43. The number of hydrogen-bond donors (Lipinski definition) is 1. The fourth-order valence-corrected chi connectivity index (χ4v) is 4.42. The van der Waals surface area contributed by atoms with Crippen molar-refractivity contribution < 1.29 is 0 Å². The quantitative estimate of drug-likeness (QED) is 0.390. The van der Waals surface area contributed by atoms with Gasteiger partial charge in [0.1, 0.15) is 5.01 Å². The maximum atomic E-state index is 5.74. The van der Waals surface area contributed by atoms with Gasteiger partial charge in [0.05, 0.1) is 5.69 Å². The van der Waals surface area contributed by atoms with Crippen LogP contribution in [0.1, 0.15) is 27.4 Å². The molecule has 0 atom stereocenters. The molecule has 24 heavy (non-hydrogen) atoms. The number of rotatable bonds is 7. The van der Waals surface area contributed by atoms with Gasteiger partial charge in [-0.25, -0.2) is 4.98 Å². The van der Waals surface area contributed by atoms with Gasteiger partial charge in [-0.05, 0) is 30.4 Å². The molecule has 0 saturated carbocycles. The molecule has 0 aliphatic carbocycles. The zero-order valence-corrected chi connectivity index (χ0v) is 16.5. The average molecular weight is 448 g/mol. The number of nitrogens with two attached hydrogens (primary N) is 1. The van der Waals surface area contributed by atoms with Crippen LogP contribution in [-0.4, -0.2) is 4.98 Å². The molecule has 2 N–H and O–H groups in total. The van der Waals surface area contributed by atoms with Crippen molar-refractivity contribution in [2.24, 2.45) is 5.73 Å². The van der Waals surface area contributed by atoms with Gasteiger partial charge in [0.25, 0.3) is 0 Å². The molecule has 0 spiro atoms. The molecule has 0 aliphatic heterocycles. The van der Waals surface area contributed by atoms with Crippen molar-refractivity contribution in [1.82, 2.24) is 4.98 Å². The molecule has 0 amide bonds. The number of aryl methyl sites for hydroxylation is 2. The number of halogens is 1. The van der Waals surface area contributed by atoms with E-state index in [0.29, 0.717) is 6.54 Å². The van der Waals surface area contributed by atoms with E-state index in [2.05, 4.69) is 82.2 Å². The minimum atomic E-state index is 0.520. The zero-order chi connectivity index (χ0) is 16.8. The highest BCUT2D eigenvalue weighted by molar-refractivity contribution is 14.1. The van der Waals surface area contributed by atoms with E-state index in [4.69, 9.17) is 5.73 Å². The molecule has 0 radical (unpaired) electrons. The summed E-state index contributed by atoms with van der Waals surface area (Å²) in [6.07, 6.45) is 3.42.